The minimum absolute atomic E-state index is 0.157. The highest BCUT2D eigenvalue weighted by Gasteiger charge is 2.31. The van der Waals surface area contributed by atoms with Crippen LogP contribution in [0.5, 0.6) is 0 Å². The van der Waals surface area contributed by atoms with Crippen molar-refractivity contribution in [1.82, 2.24) is 5.32 Å². The molecule has 1 atom stereocenters. The number of ether oxygens (including phenoxy) is 1. The third-order valence-electron chi connectivity index (χ3n) is 4.61. The van der Waals surface area contributed by atoms with Gasteiger partial charge in [-0.1, -0.05) is 26.8 Å². The quantitative estimate of drug-likeness (QED) is 0.406. The molecular weight excluding hydrogens is 383 g/mol. The number of nitrogens with zero attached hydrogens (tertiary/aromatic N) is 1. The van der Waals surface area contributed by atoms with Gasteiger partial charge in [-0.15, -0.1) is 23.2 Å². The lowest BCUT2D eigenvalue weighted by atomic mass is 9.77. The number of esters is 1. The van der Waals surface area contributed by atoms with E-state index in [2.05, 4.69) is 42.3 Å². The number of carbonyl (C=O) groups excluding carboxylic acids is 1. The Morgan fingerprint density at radius 1 is 1.26 bits per heavy atom. The van der Waals surface area contributed by atoms with Gasteiger partial charge in [0.15, 0.2) is 0 Å². The second-order valence-corrected chi connectivity index (χ2v) is 8.46. The largest absolute Gasteiger partial charge is 0.465 e. The number of hydrogen-bond acceptors (Lipinski definition) is 4. The zero-order valence-electron chi connectivity index (χ0n) is 17.3. The molecule has 4 nitrogen and oxygen atoms in total. The molecule has 0 aliphatic heterocycles. The maximum absolute atomic E-state index is 12.4. The Balaban J connectivity index is 3.07. The molecule has 0 aromatic heterocycles. The first-order valence-electron chi connectivity index (χ1n) is 9.55. The maximum Gasteiger partial charge on any atom is 0.306 e. The van der Waals surface area contributed by atoms with Crippen molar-refractivity contribution in [3.05, 3.63) is 29.3 Å². The van der Waals surface area contributed by atoms with Gasteiger partial charge < -0.3 is 15.0 Å². The number of benzene rings is 1. The molecule has 1 rings (SSSR count). The van der Waals surface area contributed by atoms with Crippen molar-refractivity contribution in [2.45, 2.75) is 39.5 Å². The van der Waals surface area contributed by atoms with Crippen molar-refractivity contribution in [2.75, 3.05) is 49.9 Å². The fourth-order valence-corrected chi connectivity index (χ4v) is 3.78. The summed E-state index contributed by atoms with van der Waals surface area (Å²) < 4.78 is 5.43. The van der Waals surface area contributed by atoms with Gasteiger partial charge in [-0.2, -0.15) is 0 Å². The predicted molar refractivity (Wildman–Crippen MR) is 117 cm³/mol. The Labute approximate surface area is 174 Å². The lowest BCUT2D eigenvalue weighted by molar-refractivity contribution is -0.146. The number of nitrogens with one attached hydrogen (secondary N) is 1. The van der Waals surface area contributed by atoms with E-state index in [0.717, 1.165) is 29.9 Å². The van der Waals surface area contributed by atoms with Gasteiger partial charge in [-0.3, -0.25) is 4.79 Å². The Morgan fingerprint density at radius 2 is 1.89 bits per heavy atom. The molecule has 6 heteroatoms. The summed E-state index contributed by atoms with van der Waals surface area (Å²) >= 11 is 11.9. The van der Waals surface area contributed by atoms with Crippen LogP contribution in [0.25, 0.3) is 0 Å². The van der Waals surface area contributed by atoms with Gasteiger partial charge in [0.05, 0.1) is 13.0 Å². The van der Waals surface area contributed by atoms with Crippen molar-refractivity contribution >= 4 is 34.9 Å². The standard InChI is InChI=1S/C21H34Cl2N2O2/c1-16(2)14-27-20(26)13-21(4,15-24-5)19-7-6-18(12-17(19)3)25(10-8-22)11-9-23/h6-7,12,16,24H,8-11,13-15H2,1-5H3. The SMILES string of the molecule is CNCC(C)(CC(=O)OCC(C)C)c1ccc(N(CCCl)CCCl)cc1C. The first kappa shape index (κ1) is 24.1. The summed E-state index contributed by atoms with van der Waals surface area (Å²) in [6, 6.07) is 6.36. The molecular formula is C21H34Cl2N2O2. The van der Waals surface area contributed by atoms with Crippen molar-refractivity contribution in [3.8, 4) is 0 Å². The molecule has 0 bridgehead atoms. The molecule has 0 radical (unpaired) electrons. The average molecular weight is 417 g/mol. The van der Waals surface area contributed by atoms with Crippen LogP contribution in [0.4, 0.5) is 5.69 Å². The lowest BCUT2D eigenvalue weighted by Crippen LogP contribution is -2.37. The molecule has 0 aliphatic carbocycles. The summed E-state index contributed by atoms with van der Waals surface area (Å²) in [7, 11) is 1.91. The Hall–Kier alpha value is -0.970. The Bertz CT molecular complexity index is 590. The minimum atomic E-state index is -0.338. The zero-order valence-corrected chi connectivity index (χ0v) is 18.8. The topological polar surface area (TPSA) is 41.6 Å². The molecule has 0 amide bonds. The number of likely N-dealkylation sites (N-methyl/N-ethyl adjacent to an activating group) is 1. The van der Waals surface area contributed by atoms with E-state index in [4.69, 9.17) is 27.9 Å². The van der Waals surface area contributed by atoms with E-state index in [1.54, 1.807) is 0 Å². The monoisotopic (exact) mass is 416 g/mol. The summed E-state index contributed by atoms with van der Waals surface area (Å²) in [4.78, 5) is 14.6. The zero-order chi connectivity index (χ0) is 20.4. The number of rotatable bonds is 12. The molecule has 0 spiro atoms. The van der Waals surface area contributed by atoms with Crippen LogP contribution in [0.3, 0.4) is 0 Å². The van der Waals surface area contributed by atoms with E-state index in [1.807, 2.05) is 20.9 Å². The average Bonchev–Trinajstić information content (AvgIpc) is 2.59. The minimum Gasteiger partial charge on any atom is -0.465 e. The van der Waals surface area contributed by atoms with E-state index in [9.17, 15) is 4.79 Å². The molecule has 0 heterocycles. The summed E-state index contributed by atoms with van der Waals surface area (Å²) in [5.41, 5.74) is 3.07. The third-order valence-corrected chi connectivity index (χ3v) is 4.95. The maximum atomic E-state index is 12.4. The summed E-state index contributed by atoms with van der Waals surface area (Å²) in [6.45, 7) is 10.9. The smallest absolute Gasteiger partial charge is 0.306 e. The van der Waals surface area contributed by atoms with Crippen LogP contribution in [0, 0.1) is 12.8 Å². The normalized spacial score (nSPS) is 13.5. The molecule has 1 unspecified atom stereocenters. The highest BCUT2D eigenvalue weighted by molar-refractivity contribution is 6.18. The second-order valence-electron chi connectivity index (χ2n) is 7.71. The van der Waals surface area contributed by atoms with Crippen LogP contribution in [-0.2, 0) is 14.9 Å². The predicted octanol–water partition coefficient (Wildman–Crippen LogP) is 4.35. The Kier molecular flexibility index (Phi) is 10.5. The van der Waals surface area contributed by atoms with Gasteiger partial charge in [-0.05, 0) is 43.1 Å². The Morgan fingerprint density at radius 3 is 2.37 bits per heavy atom. The molecule has 0 saturated carbocycles. The molecule has 27 heavy (non-hydrogen) atoms. The molecule has 0 aliphatic rings. The highest BCUT2D eigenvalue weighted by Crippen LogP contribution is 2.32. The van der Waals surface area contributed by atoms with E-state index in [0.29, 0.717) is 37.3 Å². The van der Waals surface area contributed by atoms with Crippen molar-refractivity contribution in [2.24, 2.45) is 5.92 Å². The third kappa shape index (κ3) is 7.52. The molecule has 1 aromatic carbocycles. The molecule has 1 aromatic rings. The number of carbonyl (C=O) groups is 1. The molecule has 0 fully saturated rings. The van der Waals surface area contributed by atoms with Crippen LogP contribution in [-0.4, -0.2) is 51.0 Å². The van der Waals surface area contributed by atoms with Gasteiger partial charge in [0.2, 0.25) is 0 Å². The molecule has 1 N–H and O–H groups in total. The molecule has 0 saturated heterocycles. The van der Waals surface area contributed by atoms with Crippen LogP contribution in [0.15, 0.2) is 18.2 Å². The van der Waals surface area contributed by atoms with Crippen molar-refractivity contribution < 1.29 is 9.53 Å². The summed E-state index contributed by atoms with van der Waals surface area (Å²) in [5.74, 6) is 1.28. The number of halogens is 2. The van der Waals surface area contributed by atoms with Crippen LogP contribution >= 0.6 is 23.2 Å². The number of aryl methyl sites for hydroxylation is 1. The first-order valence-corrected chi connectivity index (χ1v) is 10.6. The van der Waals surface area contributed by atoms with E-state index in [1.165, 1.54) is 0 Å². The fraction of sp³-hybridized carbons (Fsp3) is 0.667. The number of hydrogen-bond donors (Lipinski definition) is 1. The number of anilines is 1. The molecule has 154 valence electrons. The number of alkyl halides is 2. The van der Waals surface area contributed by atoms with Crippen molar-refractivity contribution in [3.63, 3.8) is 0 Å². The highest BCUT2D eigenvalue weighted by atomic mass is 35.5. The van der Waals surface area contributed by atoms with Crippen LogP contribution in [0.2, 0.25) is 0 Å². The van der Waals surface area contributed by atoms with E-state index in [-0.39, 0.29) is 11.4 Å². The summed E-state index contributed by atoms with van der Waals surface area (Å²) in [5, 5.41) is 3.23. The van der Waals surface area contributed by atoms with Crippen LogP contribution in [0.1, 0.15) is 38.3 Å². The van der Waals surface area contributed by atoms with Gasteiger partial charge in [0, 0.05) is 42.5 Å². The van der Waals surface area contributed by atoms with Gasteiger partial charge >= 0.3 is 5.97 Å². The van der Waals surface area contributed by atoms with Gasteiger partial charge in [0.1, 0.15) is 0 Å². The van der Waals surface area contributed by atoms with Gasteiger partial charge in [0.25, 0.3) is 0 Å². The second kappa shape index (κ2) is 11.8. The van der Waals surface area contributed by atoms with Crippen molar-refractivity contribution in [1.29, 1.82) is 0 Å². The lowest BCUT2D eigenvalue weighted by Gasteiger charge is -2.32. The van der Waals surface area contributed by atoms with E-state index < -0.39 is 0 Å². The van der Waals surface area contributed by atoms with E-state index >= 15 is 0 Å². The first-order chi connectivity index (χ1) is 12.8. The van der Waals surface area contributed by atoms with Gasteiger partial charge in [-0.25, -0.2) is 0 Å². The summed E-state index contributed by atoms with van der Waals surface area (Å²) in [6.07, 6.45) is 0.341. The van der Waals surface area contributed by atoms with Crippen LogP contribution < -0.4 is 10.2 Å². The fourth-order valence-electron chi connectivity index (χ4n) is 3.37.